The fourth-order valence-electron chi connectivity index (χ4n) is 2.96. The van der Waals surface area contributed by atoms with Crippen LogP contribution in [-0.2, 0) is 21.4 Å². The van der Waals surface area contributed by atoms with Gasteiger partial charge in [-0.1, -0.05) is 0 Å². The molecule has 120 valence electrons. The fraction of sp³-hybridized carbons (Fsp3) is 0.714. The van der Waals surface area contributed by atoms with Crippen molar-refractivity contribution in [1.82, 2.24) is 4.31 Å². The van der Waals surface area contributed by atoms with Crippen molar-refractivity contribution in [3.63, 3.8) is 0 Å². The number of thiophene rings is 1. The summed E-state index contributed by atoms with van der Waals surface area (Å²) in [6, 6.07) is 0. The van der Waals surface area contributed by atoms with Crippen molar-refractivity contribution in [2.45, 2.75) is 57.3 Å². The number of morpholine rings is 1. The van der Waals surface area contributed by atoms with Crippen LogP contribution in [0.5, 0.6) is 0 Å². The maximum absolute atomic E-state index is 13.0. The molecule has 1 fully saturated rings. The normalized spacial score (nSPS) is 22.4. The molecule has 0 unspecified atom stereocenters. The summed E-state index contributed by atoms with van der Waals surface area (Å²) in [7, 11) is -3.63. The van der Waals surface area contributed by atoms with E-state index in [2.05, 4.69) is 0 Å². The molecule has 0 aromatic carbocycles. The molecule has 2 heterocycles. The van der Waals surface area contributed by atoms with Gasteiger partial charge in [-0.25, -0.2) is 8.42 Å². The smallest absolute Gasteiger partial charge is 0.244 e. The largest absolute Gasteiger partial charge is 0.391 e. The minimum Gasteiger partial charge on any atom is -0.391 e. The Morgan fingerprint density at radius 1 is 1.29 bits per heavy atom. The van der Waals surface area contributed by atoms with Crippen LogP contribution in [0.1, 0.15) is 38.1 Å². The van der Waals surface area contributed by atoms with Crippen molar-refractivity contribution in [2.75, 3.05) is 13.1 Å². The summed E-state index contributed by atoms with van der Waals surface area (Å²) >= 11 is 1.28. The topological polar surface area (TPSA) is 66.8 Å². The average molecular weight is 333 g/mol. The van der Waals surface area contributed by atoms with Gasteiger partial charge in [0, 0.05) is 13.1 Å². The molecule has 2 rings (SSSR count). The number of hydrogen-bond acceptors (Lipinski definition) is 5. The fourth-order valence-corrected chi connectivity index (χ4v) is 6.31. The molecule has 0 amide bonds. The Balaban J connectivity index is 2.46. The summed E-state index contributed by atoms with van der Waals surface area (Å²) in [5.74, 6) is 0. The number of aliphatic hydroxyl groups is 1. The maximum atomic E-state index is 13.0. The second-order valence-electron chi connectivity index (χ2n) is 6.72. The van der Waals surface area contributed by atoms with E-state index in [0.717, 1.165) is 0 Å². The van der Waals surface area contributed by atoms with Gasteiger partial charge in [-0.3, -0.25) is 0 Å². The van der Waals surface area contributed by atoms with Gasteiger partial charge in [0.05, 0.1) is 22.7 Å². The molecular weight excluding hydrogens is 310 g/mol. The van der Waals surface area contributed by atoms with Gasteiger partial charge in [0.1, 0.15) is 4.90 Å². The molecule has 1 saturated heterocycles. The third-order valence-corrected chi connectivity index (χ3v) is 6.64. The van der Waals surface area contributed by atoms with Gasteiger partial charge in [0.2, 0.25) is 10.0 Å². The molecule has 0 radical (unpaired) electrons. The van der Waals surface area contributed by atoms with Crippen LogP contribution >= 0.6 is 11.3 Å². The third kappa shape index (κ3) is 3.32. The Bertz CT molecular complexity index is 615. The highest BCUT2D eigenvalue weighted by molar-refractivity contribution is 7.89. The SMILES string of the molecule is Cc1csc(CO)c1S(=O)(=O)N1CC(C)(C)OC(C)(C)C1. The number of ether oxygens (including phenoxy) is 1. The van der Waals surface area contributed by atoms with E-state index in [1.807, 2.05) is 27.7 Å². The summed E-state index contributed by atoms with van der Waals surface area (Å²) in [6.45, 7) is 9.68. The lowest BCUT2D eigenvalue weighted by atomic mass is 10.0. The standard InChI is InChI=1S/C14H23NO4S2/c1-10-7-20-11(6-16)12(10)21(17,18)15-8-13(2,3)19-14(4,5)9-15/h7,16H,6,8-9H2,1-5H3. The lowest BCUT2D eigenvalue weighted by Gasteiger charge is -2.46. The zero-order chi connectivity index (χ0) is 16.1. The number of hydrogen-bond donors (Lipinski definition) is 1. The van der Waals surface area contributed by atoms with Gasteiger partial charge in [-0.2, -0.15) is 4.31 Å². The van der Waals surface area contributed by atoms with Gasteiger partial charge >= 0.3 is 0 Å². The molecule has 1 N–H and O–H groups in total. The van der Waals surface area contributed by atoms with Crippen molar-refractivity contribution >= 4 is 21.4 Å². The molecule has 0 saturated carbocycles. The van der Waals surface area contributed by atoms with E-state index >= 15 is 0 Å². The molecular formula is C14H23NO4S2. The van der Waals surface area contributed by atoms with Crippen LogP contribution < -0.4 is 0 Å². The molecule has 7 heteroatoms. The average Bonchev–Trinajstić information content (AvgIpc) is 2.66. The Labute approximate surface area is 130 Å². The molecule has 1 aliphatic rings. The van der Waals surface area contributed by atoms with E-state index in [4.69, 9.17) is 4.74 Å². The summed E-state index contributed by atoms with van der Waals surface area (Å²) in [4.78, 5) is 0.748. The summed E-state index contributed by atoms with van der Waals surface area (Å²) < 4.78 is 33.4. The zero-order valence-electron chi connectivity index (χ0n) is 13.1. The highest BCUT2D eigenvalue weighted by Crippen LogP contribution is 2.35. The molecule has 0 bridgehead atoms. The molecule has 0 atom stereocenters. The van der Waals surface area contributed by atoms with E-state index in [0.29, 0.717) is 23.5 Å². The van der Waals surface area contributed by atoms with E-state index in [9.17, 15) is 13.5 Å². The van der Waals surface area contributed by atoms with Crippen LogP contribution in [0.25, 0.3) is 0 Å². The third-order valence-electron chi connectivity index (χ3n) is 3.40. The Morgan fingerprint density at radius 2 is 1.81 bits per heavy atom. The number of rotatable bonds is 3. The van der Waals surface area contributed by atoms with Crippen LogP contribution in [0.15, 0.2) is 10.3 Å². The molecule has 5 nitrogen and oxygen atoms in total. The van der Waals surface area contributed by atoms with E-state index in [1.165, 1.54) is 15.6 Å². The minimum absolute atomic E-state index is 0.253. The molecule has 1 aliphatic heterocycles. The number of sulfonamides is 1. The molecule has 21 heavy (non-hydrogen) atoms. The Kier molecular flexibility index (Phi) is 4.27. The first-order valence-corrected chi connectivity index (χ1v) is 9.19. The Hall–Kier alpha value is -0.470. The summed E-state index contributed by atoms with van der Waals surface area (Å²) in [5.41, 5.74) is -0.401. The molecule has 1 aromatic heterocycles. The second-order valence-corrected chi connectivity index (χ2v) is 9.56. The first-order valence-electron chi connectivity index (χ1n) is 6.87. The van der Waals surface area contributed by atoms with E-state index < -0.39 is 21.2 Å². The van der Waals surface area contributed by atoms with Gasteiger partial charge in [0.25, 0.3) is 0 Å². The first kappa shape index (κ1) is 16.9. The quantitative estimate of drug-likeness (QED) is 0.920. The van der Waals surface area contributed by atoms with Crippen molar-refractivity contribution in [3.05, 3.63) is 15.8 Å². The Morgan fingerprint density at radius 3 is 2.29 bits per heavy atom. The van der Waals surface area contributed by atoms with Crippen molar-refractivity contribution in [3.8, 4) is 0 Å². The summed E-state index contributed by atoms with van der Waals surface area (Å²) in [5, 5.41) is 11.2. The van der Waals surface area contributed by atoms with Crippen LogP contribution in [0.2, 0.25) is 0 Å². The summed E-state index contributed by atoms with van der Waals surface area (Å²) in [6.07, 6.45) is 0. The first-order chi connectivity index (χ1) is 9.48. The minimum atomic E-state index is -3.63. The molecule has 0 spiro atoms. The number of aliphatic hydroxyl groups excluding tert-OH is 1. The van der Waals surface area contributed by atoms with Crippen LogP contribution in [0, 0.1) is 6.92 Å². The zero-order valence-corrected chi connectivity index (χ0v) is 14.8. The van der Waals surface area contributed by atoms with Gasteiger partial charge in [-0.05, 0) is 45.6 Å². The van der Waals surface area contributed by atoms with E-state index in [-0.39, 0.29) is 11.5 Å². The predicted molar refractivity (Wildman–Crippen MR) is 83.0 cm³/mol. The second kappa shape index (κ2) is 5.31. The number of aryl methyl sites for hydroxylation is 1. The van der Waals surface area contributed by atoms with Crippen LogP contribution in [-0.4, -0.2) is 42.1 Å². The predicted octanol–water partition coefficient (Wildman–Crippen LogP) is 2.13. The maximum Gasteiger partial charge on any atom is 0.244 e. The lowest BCUT2D eigenvalue weighted by Crippen LogP contribution is -2.58. The van der Waals surface area contributed by atoms with Gasteiger partial charge < -0.3 is 9.84 Å². The van der Waals surface area contributed by atoms with E-state index in [1.54, 1.807) is 12.3 Å². The molecule has 0 aliphatic carbocycles. The lowest BCUT2D eigenvalue weighted by molar-refractivity contribution is -0.163. The van der Waals surface area contributed by atoms with Gasteiger partial charge in [0.15, 0.2) is 0 Å². The monoisotopic (exact) mass is 333 g/mol. The van der Waals surface area contributed by atoms with Crippen LogP contribution in [0.3, 0.4) is 0 Å². The number of nitrogens with zero attached hydrogens (tertiary/aromatic N) is 1. The molecule has 1 aromatic rings. The van der Waals surface area contributed by atoms with Crippen LogP contribution in [0.4, 0.5) is 0 Å². The van der Waals surface area contributed by atoms with Gasteiger partial charge in [-0.15, -0.1) is 11.3 Å². The highest BCUT2D eigenvalue weighted by atomic mass is 32.2. The highest BCUT2D eigenvalue weighted by Gasteiger charge is 2.44. The van der Waals surface area contributed by atoms with Crippen molar-refractivity contribution < 1.29 is 18.3 Å². The van der Waals surface area contributed by atoms with Crippen molar-refractivity contribution in [2.24, 2.45) is 0 Å². The van der Waals surface area contributed by atoms with Crippen molar-refractivity contribution in [1.29, 1.82) is 0 Å².